The molecule has 0 heterocycles. The Morgan fingerprint density at radius 3 is 2.36 bits per heavy atom. The lowest BCUT2D eigenvalue weighted by atomic mass is 9.94. The predicted octanol–water partition coefficient (Wildman–Crippen LogP) is 4.16. The van der Waals surface area contributed by atoms with Gasteiger partial charge in [-0.3, -0.25) is 0 Å². The standard InChI is InChI=1S/C13H26O/c1-2-14-12-8-7-11-13-9-5-3-4-6-10-13/h13H,2-12H2,1H3. The maximum Gasteiger partial charge on any atom is 0.0465 e. The Labute approximate surface area is 89.2 Å². The van der Waals surface area contributed by atoms with Crippen LogP contribution < -0.4 is 0 Å². The van der Waals surface area contributed by atoms with Crippen LogP contribution in [0.2, 0.25) is 0 Å². The van der Waals surface area contributed by atoms with Gasteiger partial charge in [0.15, 0.2) is 0 Å². The molecule has 0 aromatic heterocycles. The largest absolute Gasteiger partial charge is 0.382 e. The number of unbranched alkanes of at least 4 members (excludes halogenated alkanes) is 1. The van der Waals surface area contributed by atoms with Crippen molar-refractivity contribution in [3.05, 3.63) is 0 Å². The Kier molecular flexibility index (Phi) is 7.12. The van der Waals surface area contributed by atoms with Crippen LogP contribution in [0.25, 0.3) is 0 Å². The second-order valence-electron chi connectivity index (χ2n) is 4.55. The van der Waals surface area contributed by atoms with Gasteiger partial charge in [0, 0.05) is 13.2 Å². The maximum absolute atomic E-state index is 5.35. The Morgan fingerprint density at radius 2 is 1.71 bits per heavy atom. The molecule has 14 heavy (non-hydrogen) atoms. The molecule has 0 aliphatic heterocycles. The molecule has 1 rings (SSSR count). The molecular weight excluding hydrogens is 172 g/mol. The summed E-state index contributed by atoms with van der Waals surface area (Å²) in [6.07, 6.45) is 13.0. The molecule has 0 amide bonds. The highest BCUT2D eigenvalue weighted by Gasteiger charge is 2.11. The predicted molar refractivity (Wildman–Crippen MR) is 61.5 cm³/mol. The van der Waals surface area contributed by atoms with Gasteiger partial charge in [-0.05, 0) is 19.3 Å². The average molecular weight is 198 g/mol. The van der Waals surface area contributed by atoms with Gasteiger partial charge < -0.3 is 4.74 Å². The molecular formula is C13H26O. The molecule has 0 spiro atoms. The molecule has 0 aromatic carbocycles. The summed E-state index contributed by atoms with van der Waals surface area (Å²) in [5.74, 6) is 1.04. The molecule has 1 aliphatic carbocycles. The summed E-state index contributed by atoms with van der Waals surface area (Å²) in [5.41, 5.74) is 0. The molecule has 0 saturated heterocycles. The Bertz CT molecular complexity index is 114. The van der Waals surface area contributed by atoms with Gasteiger partial charge in [0.1, 0.15) is 0 Å². The van der Waals surface area contributed by atoms with E-state index in [2.05, 4.69) is 6.92 Å². The first kappa shape index (κ1) is 12.0. The second kappa shape index (κ2) is 8.28. The van der Waals surface area contributed by atoms with Crippen molar-refractivity contribution in [1.82, 2.24) is 0 Å². The first-order valence-electron chi connectivity index (χ1n) is 6.51. The van der Waals surface area contributed by atoms with Crippen LogP contribution in [-0.2, 0) is 4.74 Å². The molecule has 0 radical (unpaired) electrons. The fourth-order valence-electron chi connectivity index (χ4n) is 2.43. The van der Waals surface area contributed by atoms with E-state index >= 15 is 0 Å². The summed E-state index contributed by atoms with van der Waals surface area (Å²) >= 11 is 0. The first-order chi connectivity index (χ1) is 6.93. The van der Waals surface area contributed by atoms with Crippen LogP contribution in [0.15, 0.2) is 0 Å². The van der Waals surface area contributed by atoms with Crippen molar-refractivity contribution in [1.29, 1.82) is 0 Å². The minimum atomic E-state index is 0.878. The highest BCUT2D eigenvalue weighted by molar-refractivity contribution is 4.64. The molecule has 0 unspecified atom stereocenters. The fourth-order valence-corrected chi connectivity index (χ4v) is 2.43. The number of rotatable bonds is 6. The van der Waals surface area contributed by atoms with Crippen molar-refractivity contribution in [3.63, 3.8) is 0 Å². The second-order valence-corrected chi connectivity index (χ2v) is 4.55. The summed E-state index contributed by atoms with van der Waals surface area (Å²) in [4.78, 5) is 0. The van der Waals surface area contributed by atoms with Crippen molar-refractivity contribution in [2.75, 3.05) is 13.2 Å². The average Bonchev–Trinajstić information content (AvgIpc) is 2.46. The molecule has 0 aromatic rings. The quantitative estimate of drug-likeness (QED) is 0.460. The van der Waals surface area contributed by atoms with E-state index in [0.717, 1.165) is 19.1 Å². The van der Waals surface area contributed by atoms with E-state index in [9.17, 15) is 0 Å². The summed E-state index contributed by atoms with van der Waals surface area (Å²) < 4.78 is 5.35. The van der Waals surface area contributed by atoms with Crippen LogP contribution >= 0.6 is 0 Å². The smallest absolute Gasteiger partial charge is 0.0465 e. The van der Waals surface area contributed by atoms with Gasteiger partial charge in [0.2, 0.25) is 0 Å². The molecule has 84 valence electrons. The van der Waals surface area contributed by atoms with E-state index in [-0.39, 0.29) is 0 Å². The van der Waals surface area contributed by atoms with Gasteiger partial charge in [-0.2, -0.15) is 0 Å². The minimum Gasteiger partial charge on any atom is -0.382 e. The van der Waals surface area contributed by atoms with E-state index in [0.29, 0.717) is 0 Å². The van der Waals surface area contributed by atoms with Crippen molar-refractivity contribution >= 4 is 0 Å². The van der Waals surface area contributed by atoms with E-state index < -0.39 is 0 Å². The Hall–Kier alpha value is -0.0400. The highest BCUT2D eigenvalue weighted by Crippen LogP contribution is 2.26. The number of hydrogen-bond donors (Lipinski definition) is 0. The monoisotopic (exact) mass is 198 g/mol. The number of hydrogen-bond acceptors (Lipinski definition) is 1. The SMILES string of the molecule is CCOCCCCC1CCCCCC1. The fraction of sp³-hybridized carbons (Fsp3) is 1.00. The van der Waals surface area contributed by atoms with Gasteiger partial charge in [0.05, 0.1) is 0 Å². The summed E-state index contributed by atoms with van der Waals surface area (Å²) in [7, 11) is 0. The van der Waals surface area contributed by atoms with E-state index in [4.69, 9.17) is 4.74 Å². The van der Waals surface area contributed by atoms with Crippen LogP contribution in [-0.4, -0.2) is 13.2 Å². The van der Waals surface area contributed by atoms with Crippen molar-refractivity contribution in [3.8, 4) is 0 Å². The summed E-state index contributed by atoms with van der Waals surface area (Å²) in [6.45, 7) is 3.93. The van der Waals surface area contributed by atoms with Gasteiger partial charge in [0.25, 0.3) is 0 Å². The lowest BCUT2D eigenvalue weighted by Crippen LogP contribution is -2.00. The molecule has 1 heteroatoms. The maximum atomic E-state index is 5.35. The molecule has 1 aliphatic rings. The van der Waals surface area contributed by atoms with Gasteiger partial charge in [-0.25, -0.2) is 0 Å². The molecule has 0 N–H and O–H groups in total. The van der Waals surface area contributed by atoms with E-state index in [1.807, 2.05) is 0 Å². The molecule has 1 saturated carbocycles. The number of ether oxygens (including phenoxy) is 1. The minimum absolute atomic E-state index is 0.878. The van der Waals surface area contributed by atoms with Crippen molar-refractivity contribution in [2.45, 2.75) is 64.7 Å². The lowest BCUT2D eigenvalue weighted by Gasteiger charge is -2.13. The van der Waals surface area contributed by atoms with Gasteiger partial charge >= 0.3 is 0 Å². The Morgan fingerprint density at radius 1 is 1.00 bits per heavy atom. The molecule has 1 nitrogen and oxygen atoms in total. The highest BCUT2D eigenvalue weighted by atomic mass is 16.5. The van der Waals surface area contributed by atoms with Crippen molar-refractivity contribution < 1.29 is 4.74 Å². The van der Waals surface area contributed by atoms with Crippen LogP contribution in [0.3, 0.4) is 0 Å². The van der Waals surface area contributed by atoms with E-state index in [1.165, 1.54) is 57.8 Å². The van der Waals surface area contributed by atoms with Gasteiger partial charge in [-0.15, -0.1) is 0 Å². The zero-order chi connectivity index (χ0) is 10.1. The van der Waals surface area contributed by atoms with E-state index in [1.54, 1.807) is 0 Å². The van der Waals surface area contributed by atoms with Gasteiger partial charge in [-0.1, -0.05) is 51.4 Å². The topological polar surface area (TPSA) is 9.23 Å². The third-order valence-corrected chi connectivity index (χ3v) is 3.33. The Balaban J connectivity index is 1.93. The van der Waals surface area contributed by atoms with Crippen LogP contribution in [0.4, 0.5) is 0 Å². The zero-order valence-electron chi connectivity index (χ0n) is 9.76. The van der Waals surface area contributed by atoms with Crippen LogP contribution in [0, 0.1) is 5.92 Å². The summed E-state index contributed by atoms with van der Waals surface area (Å²) in [5, 5.41) is 0. The molecule has 0 bridgehead atoms. The third-order valence-electron chi connectivity index (χ3n) is 3.33. The molecule has 1 fully saturated rings. The summed E-state index contributed by atoms with van der Waals surface area (Å²) in [6, 6.07) is 0. The third kappa shape index (κ3) is 5.64. The van der Waals surface area contributed by atoms with Crippen LogP contribution in [0.1, 0.15) is 64.7 Å². The zero-order valence-corrected chi connectivity index (χ0v) is 9.76. The normalized spacial score (nSPS) is 19.5. The van der Waals surface area contributed by atoms with Crippen molar-refractivity contribution in [2.24, 2.45) is 5.92 Å². The lowest BCUT2D eigenvalue weighted by molar-refractivity contribution is 0.141. The van der Waals surface area contributed by atoms with Crippen LogP contribution in [0.5, 0.6) is 0 Å². The first-order valence-corrected chi connectivity index (χ1v) is 6.51. The molecule has 0 atom stereocenters.